The highest BCUT2D eigenvalue weighted by Crippen LogP contribution is 2.29. The second kappa shape index (κ2) is 5.49. The number of hydrogen-bond donors (Lipinski definition) is 2. The normalized spacial score (nSPS) is 16.2. The van der Waals surface area contributed by atoms with Crippen molar-refractivity contribution in [1.29, 1.82) is 0 Å². The SMILES string of the molecule is O=C1Nc2ccccc2OC1Nc1ncc(-c2ccccc2)o1. The van der Waals surface area contributed by atoms with E-state index in [4.69, 9.17) is 9.15 Å². The minimum Gasteiger partial charge on any atom is -0.459 e. The lowest BCUT2D eigenvalue weighted by molar-refractivity contribution is -0.122. The summed E-state index contributed by atoms with van der Waals surface area (Å²) >= 11 is 0. The molecule has 6 heteroatoms. The summed E-state index contributed by atoms with van der Waals surface area (Å²) in [5, 5.41) is 5.62. The van der Waals surface area contributed by atoms with E-state index in [1.54, 1.807) is 18.3 Å². The standard InChI is InChI=1S/C17H13N3O3/c21-15-16(22-13-9-5-4-8-12(13)19-15)20-17-18-10-14(23-17)11-6-2-1-3-7-11/h1-10,16H,(H,18,20)(H,19,21). The predicted octanol–water partition coefficient (Wildman–Crippen LogP) is 3.11. The highest BCUT2D eigenvalue weighted by molar-refractivity contribution is 5.98. The van der Waals surface area contributed by atoms with Crippen LogP contribution in [0.4, 0.5) is 11.7 Å². The average Bonchev–Trinajstić information content (AvgIpc) is 3.05. The third-order valence-corrected chi connectivity index (χ3v) is 3.45. The zero-order chi connectivity index (χ0) is 15.6. The number of nitrogens with zero attached hydrogens (tertiary/aromatic N) is 1. The van der Waals surface area contributed by atoms with Crippen molar-refractivity contribution in [2.45, 2.75) is 6.23 Å². The Morgan fingerprint density at radius 2 is 1.83 bits per heavy atom. The molecule has 1 atom stereocenters. The van der Waals surface area contributed by atoms with E-state index in [2.05, 4.69) is 15.6 Å². The molecule has 0 saturated carbocycles. The number of fused-ring (bicyclic) bond motifs is 1. The Hall–Kier alpha value is -3.28. The van der Waals surface area contributed by atoms with Gasteiger partial charge in [0.15, 0.2) is 5.76 Å². The summed E-state index contributed by atoms with van der Waals surface area (Å²) in [5.41, 5.74) is 1.56. The first kappa shape index (κ1) is 13.4. The first-order valence-corrected chi connectivity index (χ1v) is 7.14. The molecule has 3 aromatic rings. The molecule has 1 aromatic heterocycles. The number of benzene rings is 2. The maximum atomic E-state index is 12.1. The molecule has 0 saturated heterocycles. The van der Waals surface area contributed by atoms with E-state index in [-0.39, 0.29) is 11.9 Å². The maximum Gasteiger partial charge on any atom is 0.298 e. The number of carbonyl (C=O) groups excluding carboxylic acids is 1. The van der Waals surface area contributed by atoms with Gasteiger partial charge in [0.05, 0.1) is 11.9 Å². The van der Waals surface area contributed by atoms with E-state index >= 15 is 0 Å². The van der Waals surface area contributed by atoms with Crippen LogP contribution in [0.1, 0.15) is 0 Å². The summed E-state index contributed by atoms with van der Waals surface area (Å²) in [6, 6.07) is 17.1. The van der Waals surface area contributed by atoms with Gasteiger partial charge in [0, 0.05) is 5.56 Å². The largest absolute Gasteiger partial charge is 0.459 e. The fraction of sp³-hybridized carbons (Fsp3) is 0.0588. The first-order chi connectivity index (χ1) is 11.3. The quantitative estimate of drug-likeness (QED) is 0.777. The van der Waals surface area contributed by atoms with Crippen LogP contribution < -0.4 is 15.4 Å². The number of para-hydroxylation sites is 2. The van der Waals surface area contributed by atoms with Crippen LogP contribution in [0.5, 0.6) is 5.75 Å². The zero-order valence-electron chi connectivity index (χ0n) is 12.0. The number of carbonyl (C=O) groups is 1. The van der Waals surface area contributed by atoms with Crippen LogP contribution in [0.3, 0.4) is 0 Å². The van der Waals surface area contributed by atoms with E-state index in [9.17, 15) is 4.79 Å². The monoisotopic (exact) mass is 307 g/mol. The predicted molar refractivity (Wildman–Crippen MR) is 85.0 cm³/mol. The molecule has 23 heavy (non-hydrogen) atoms. The van der Waals surface area contributed by atoms with Crippen molar-refractivity contribution >= 4 is 17.6 Å². The molecule has 0 radical (unpaired) electrons. The molecule has 6 nitrogen and oxygen atoms in total. The molecule has 114 valence electrons. The molecule has 0 bridgehead atoms. The van der Waals surface area contributed by atoms with Crippen molar-refractivity contribution in [3.63, 3.8) is 0 Å². The number of nitrogens with one attached hydrogen (secondary N) is 2. The van der Waals surface area contributed by atoms with Gasteiger partial charge in [-0.05, 0) is 12.1 Å². The molecule has 0 aliphatic carbocycles. The number of oxazole rings is 1. The van der Waals surface area contributed by atoms with Gasteiger partial charge in [-0.15, -0.1) is 0 Å². The molecule has 1 aliphatic heterocycles. The zero-order valence-corrected chi connectivity index (χ0v) is 12.0. The van der Waals surface area contributed by atoms with Crippen molar-refractivity contribution in [2.75, 3.05) is 10.6 Å². The van der Waals surface area contributed by atoms with Gasteiger partial charge in [0.25, 0.3) is 18.1 Å². The van der Waals surface area contributed by atoms with Crippen LogP contribution in [-0.4, -0.2) is 17.1 Å². The van der Waals surface area contributed by atoms with Crippen LogP contribution in [0.2, 0.25) is 0 Å². The molecule has 0 spiro atoms. The smallest absolute Gasteiger partial charge is 0.298 e. The number of ether oxygens (including phenoxy) is 1. The average molecular weight is 307 g/mol. The van der Waals surface area contributed by atoms with Gasteiger partial charge in [0.2, 0.25) is 0 Å². The Bertz CT molecular complexity index is 845. The topological polar surface area (TPSA) is 76.4 Å². The van der Waals surface area contributed by atoms with Gasteiger partial charge < -0.3 is 14.5 Å². The second-order valence-electron chi connectivity index (χ2n) is 5.02. The molecule has 2 aromatic carbocycles. The van der Waals surface area contributed by atoms with E-state index in [0.717, 1.165) is 5.56 Å². The highest BCUT2D eigenvalue weighted by atomic mass is 16.5. The molecule has 2 heterocycles. The number of hydrogen-bond acceptors (Lipinski definition) is 5. The molecule has 1 amide bonds. The summed E-state index contributed by atoms with van der Waals surface area (Å²) in [7, 11) is 0. The van der Waals surface area contributed by atoms with Crippen molar-refractivity contribution < 1.29 is 13.9 Å². The summed E-state index contributed by atoms with van der Waals surface area (Å²) in [4.78, 5) is 16.2. The maximum absolute atomic E-state index is 12.1. The molecular weight excluding hydrogens is 294 g/mol. The minimum absolute atomic E-state index is 0.225. The van der Waals surface area contributed by atoms with Crippen LogP contribution >= 0.6 is 0 Å². The Balaban J connectivity index is 1.53. The second-order valence-corrected chi connectivity index (χ2v) is 5.02. The summed E-state index contributed by atoms with van der Waals surface area (Å²) in [6.45, 7) is 0. The lowest BCUT2D eigenvalue weighted by atomic mass is 10.2. The van der Waals surface area contributed by atoms with Gasteiger partial charge in [0.1, 0.15) is 5.75 Å². The summed E-state index contributed by atoms with van der Waals surface area (Å²) in [6.07, 6.45) is 0.707. The number of amides is 1. The fourth-order valence-electron chi connectivity index (χ4n) is 2.34. The molecule has 0 fully saturated rings. The molecule has 4 rings (SSSR count). The number of aromatic nitrogens is 1. The van der Waals surface area contributed by atoms with Crippen molar-refractivity contribution in [3.8, 4) is 17.1 Å². The molecule has 1 unspecified atom stereocenters. The van der Waals surface area contributed by atoms with Gasteiger partial charge in [-0.3, -0.25) is 10.1 Å². The molecular formula is C17H13N3O3. The number of rotatable bonds is 3. The van der Waals surface area contributed by atoms with Gasteiger partial charge >= 0.3 is 0 Å². The van der Waals surface area contributed by atoms with E-state index in [0.29, 0.717) is 17.2 Å². The Labute approximate surface area is 132 Å². The fourth-order valence-corrected chi connectivity index (χ4v) is 2.34. The Morgan fingerprint density at radius 1 is 1.04 bits per heavy atom. The third-order valence-electron chi connectivity index (χ3n) is 3.45. The lowest BCUT2D eigenvalue weighted by Crippen LogP contribution is -2.42. The van der Waals surface area contributed by atoms with Gasteiger partial charge in [-0.1, -0.05) is 42.5 Å². The first-order valence-electron chi connectivity index (χ1n) is 7.14. The highest BCUT2D eigenvalue weighted by Gasteiger charge is 2.28. The molecule has 2 N–H and O–H groups in total. The van der Waals surface area contributed by atoms with Gasteiger partial charge in [-0.25, -0.2) is 4.98 Å². The summed E-state index contributed by atoms with van der Waals surface area (Å²) in [5.74, 6) is 0.910. The van der Waals surface area contributed by atoms with Crippen molar-refractivity contribution in [1.82, 2.24) is 4.98 Å². The lowest BCUT2D eigenvalue weighted by Gasteiger charge is -2.25. The Kier molecular flexibility index (Phi) is 3.20. The van der Waals surface area contributed by atoms with Crippen LogP contribution in [0.25, 0.3) is 11.3 Å². The van der Waals surface area contributed by atoms with Crippen molar-refractivity contribution in [3.05, 3.63) is 60.8 Å². The van der Waals surface area contributed by atoms with E-state index in [1.807, 2.05) is 42.5 Å². The van der Waals surface area contributed by atoms with Crippen LogP contribution in [-0.2, 0) is 4.79 Å². The Morgan fingerprint density at radius 3 is 2.70 bits per heavy atom. The van der Waals surface area contributed by atoms with Crippen LogP contribution in [0, 0.1) is 0 Å². The van der Waals surface area contributed by atoms with Crippen LogP contribution in [0.15, 0.2) is 65.2 Å². The third kappa shape index (κ3) is 2.62. The van der Waals surface area contributed by atoms with Crippen molar-refractivity contribution in [2.24, 2.45) is 0 Å². The molecule has 1 aliphatic rings. The van der Waals surface area contributed by atoms with E-state index < -0.39 is 6.23 Å². The minimum atomic E-state index is -0.896. The van der Waals surface area contributed by atoms with Gasteiger partial charge in [-0.2, -0.15) is 0 Å². The summed E-state index contributed by atoms with van der Waals surface area (Å²) < 4.78 is 11.3. The van der Waals surface area contributed by atoms with E-state index in [1.165, 1.54) is 0 Å². The number of anilines is 2.